The normalized spacial score (nSPS) is 14.3. The van der Waals surface area contributed by atoms with E-state index in [-0.39, 0.29) is 29.0 Å². The second kappa shape index (κ2) is 8.86. The fourth-order valence-electron chi connectivity index (χ4n) is 3.61. The van der Waals surface area contributed by atoms with Crippen molar-refractivity contribution in [2.24, 2.45) is 5.92 Å². The third-order valence-electron chi connectivity index (χ3n) is 5.34. The number of nitro benzene ring substituents is 1. The van der Waals surface area contributed by atoms with Crippen molar-refractivity contribution < 1.29 is 14.1 Å². The molecule has 2 heterocycles. The molecule has 2 aromatic carbocycles. The number of carbonyl (C=O) groups is 1. The number of anilines is 2. The number of halogens is 1. The lowest BCUT2D eigenvalue weighted by atomic mass is 9.95. The van der Waals surface area contributed by atoms with Crippen LogP contribution in [0, 0.1) is 21.8 Å². The maximum Gasteiger partial charge on any atom is 0.292 e. The van der Waals surface area contributed by atoms with Gasteiger partial charge in [-0.25, -0.2) is 4.39 Å². The van der Waals surface area contributed by atoms with Crippen molar-refractivity contribution in [3.63, 3.8) is 0 Å². The summed E-state index contributed by atoms with van der Waals surface area (Å²) in [4.78, 5) is 25.3. The van der Waals surface area contributed by atoms with Gasteiger partial charge in [-0.05, 0) is 55.3 Å². The van der Waals surface area contributed by atoms with E-state index in [2.05, 4.69) is 20.4 Å². The molecule has 3 aromatic rings. The lowest BCUT2D eigenvalue weighted by Crippen LogP contribution is -2.38. The van der Waals surface area contributed by atoms with E-state index < -0.39 is 4.92 Å². The lowest BCUT2D eigenvalue weighted by Gasteiger charge is -2.31. The minimum atomic E-state index is -0.507. The third kappa shape index (κ3) is 4.66. The summed E-state index contributed by atoms with van der Waals surface area (Å²) in [7, 11) is 0. The maximum atomic E-state index is 13.1. The summed E-state index contributed by atoms with van der Waals surface area (Å²) < 4.78 is 13.1. The van der Waals surface area contributed by atoms with Crippen molar-refractivity contribution in [2.45, 2.75) is 12.8 Å². The Kier molecular flexibility index (Phi) is 5.83. The Morgan fingerprint density at radius 2 is 1.74 bits per heavy atom. The monoisotopic (exact) mass is 421 g/mol. The molecule has 9 heteroatoms. The first-order chi connectivity index (χ1) is 15.0. The van der Waals surface area contributed by atoms with Crippen molar-refractivity contribution in [1.29, 1.82) is 0 Å². The molecule has 0 bridgehead atoms. The summed E-state index contributed by atoms with van der Waals surface area (Å²) >= 11 is 0. The van der Waals surface area contributed by atoms with Crippen molar-refractivity contribution in [3.05, 3.63) is 76.6 Å². The maximum absolute atomic E-state index is 13.1. The van der Waals surface area contributed by atoms with E-state index in [1.165, 1.54) is 24.3 Å². The van der Waals surface area contributed by atoms with Gasteiger partial charge in [-0.2, -0.15) is 0 Å². The largest absolute Gasteiger partial charge is 0.355 e. The van der Waals surface area contributed by atoms with Gasteiger partial charge >= 0.3 is 0 Å². The zero-order chi connectivity index (χ0) is 21.8. The van der Waals surface area contributed by atoms with Crippen LogP contribution in [0.2, 0.25) is 0 Å². The van der Waals surface area contributed by atoms with E-state index in [0.717, 1.165) is 5.56 Å². The van der Waals surface area contributed by atoms with Crippen molar-refractivity contribution in [2.75, 3.05) is 23.3 Å². The molecule has 4 rings (SSSR count). The van der Waals surface area contributed by atoms with Gasteiger partial charge in [-0.1, -0.05) is 12.1 Å². The predicted octanol–water partition coefficient (Wildman–Crippen LogP) is 4.05. The molecule has 0 unspecified atom stereocenters. The van der Waals surface area contributed by atoms with Crippen LogP contribution >= 0.6 is 0 Å². The molecule has 0 spiro atoms. The van der Waals surface area contributed by atoms with Gasteiger partial charge in [0.1, 0.15) is 11.5 Å². The van der Waals surface area contributed by atoms with Crippen LogP contribution in [0.15, 0.2) is 60.7 Å². The zero-order valence-electron chi connectivity index (χ0n) is 16.6. The highest BCUT2D eigenvalue weighted by atomic mass is 19.1. The molecule has 1 saturated heterocycles. The molecule has 1 N–H and O–H groups in total. The molecule has 8 nitrogen and oxygen atoms in total. The number of hydrogen-bond donors (Lipinski definition) is 1. The Morgan fingerprint density at radius 1 is 1.03 bits per heavy atom. The van der Waals surface area contributed by atoms with E-state index in [1.807, 2.05) is 12.1 Å². The summed E-state index contributed by atoms with van der Waals surface area (Å²) in [5.41, 5.74) is 1.53. The molecule has 0 atom stereocenters. The number of carbonyl (C=O) groups excluding carboxylic acids is 1. The quantitative estimate of drug-likeness (QED) is 0.493. The van der Waals surface area contributed by atoms with Gasteiger partial charge in [-0.3, -0.25) is 14.9 Å². The van der Waals surface area contributed by atoms with Crippen LogP contribution < -0.4 is 10.2 Å². The second-order valence-electron chi connectivity index (χ2n) is 7.31. The van der Waals surface area contributed by atoms with Gasteiger partial charge < -0.3 is 10.2 Å². The molecule has 1 fully saturated rings. The highest BCUT2D eigenvalue weighted by Crippen LogP contribution is 2.27. The highest BCUT2D eigenvalue weighted by Gasteiger charge is 2.27. The number of hydrogen-bond acceptors (Lipinski definition) is 6. The first kappa shape index (κ1) is 20.4. The molecule has 0 saturated carbocycles. The van der Waals surface area contributed by atoms with E-state index in [1.54, 1.807) is 24.3 Å². The number of piperidine rings is 1. The third-order valence-corrected chi connectivity index (χ3v) is 5.34. The molecule has 1 aromatic heterocycles. The fourth-order valence-corrected chi connectivity index (χ4v) is 3.61. The molecule has 1 aliphatic rings. The molecule has 1 amide bonds. The first-order valence-electron chi connectivity index (χ1n) is 9.90. The number of amides is 1. The van der Waals surface area contributed by atoms with Gasteiger partial charge in [-0.15, -0.1) is 10.2 Å². The standard InChI is InChI=1S/C22H20FN5O3/c23-17-7-5-15(6-8-17)18-9-10-21(26-25-18)27-13-11-16(12-14-27)22(29)24-19-3-1-2-4-20(19)28(30)31/h1-10,16H,11-14H2,(H,24,29). The summed E-state index contributed by atoms with van der Waals surface area (Å²) in [5.74, 6) is -0.0419. The van der Waals surface area contributed by atoms with Gasteiger partial charge in [0.15, 0.2) is 5.82 Å². The van der Waals surface area contributed by atoms with E-state index in [4.69, 9.17) is 0 Å². The predicted molar refractivity (Wildman–Crippen MR) is 114 cm³/mol. The average Bonchev–Trinajstić information content (AvgIpc) is 2.80. The summed E-state index contributed by atoms with van der Waals surface area (Å²) in [5, 5.41) is 22.3. The number of para-hydroxylation sites is 2. The Labute approximate surface area is 177 Å². The Bertz CT molecular complexity index is 1080. The van der Waals surface area contributed by atoms with Crippen LogP contribution in [0.25, 0.3) is 11.3 Å². The van der Waals surface area contributed by atoms with Crippen LogP contribution in [0.1, 0.15) is 12.8 Å². The van der Waals surface area contributed by atoms with Crippen molar-refractivity contribution >= 4 is 23.1 Å². The topological polar surface area (TPSA) is 101 Å². The van der Waals surface area contributed by atoms with Gasteiger partial charge in [0, 0.05) is 30.6 Å². The zero-order valence-corrected chi connectivity index (χ0v) is 16.6. The number of nitrogens with zero attached hydrogens (tertiary/aromatic N) is 4. The number of aromatic nitrogens is 2. The summed E-state index contributed by atoms with van der Waals surface area (Å²) in [6.07, 6.45) is 1.21. The first-order valence-corrected chi connectivity index (χ1v) is 9.90. The smallest absolute Gasteiger partial charge is 0.292 e. The second-order valence-corrected chi connectivity index (χ2v) is 7.31. The Morgan fingerprint density at radius 3 is 2.39 bits per heavy atom. The number of nitrogens with one attached hydrogen (secondary N) is 1. The Hall–Kier alpha value is -3.88. The summed E-state index contributed by atoms with van der Waals surface area (Å²) in [6.45, 7) is 1.25. The van der Waals surface area contributed by atoms with Crippen LogP contribution in [0.5, 0.6) is 0 Å². The molecule has 0 aliphatic carbocycles. The van der Waals surface area contributed by atoms with Crippen LogP contribution in [0.4, 0.5) is 21.6 Å². The van der Waals surface area contributed by atoms with Gasteiger partial charge in [0.25, 0.3) is 5.69 Å². The molecule has 1 aliphatic heterocycles. The highest BCUT2D eigenvalue weighted by molar-refractivity contribution is 5.94. The van der Waals surface area contributed by atoms with E-state index in [9.17, 15) is 19.3 Å². The van der Waals surface area contributed by atoms with E-state index >= 15 is 0 Å². The molecular weight excluding hydrogens is 401 g/mol. The Balaban J connectivity index is 1.36. The van der Waals surface area contributed by atoms with Gasteiger partial charge in [0.2, 0.25) is 5.91 Å². The van der Waals surface area contributed by atoms with Crippen LogP contribution in [0.3, 0.4) is 0 Å². The fraction of sp³-hybridized carbons (Fsp3) is 0.227. The van der Waals surface area contributed by atoms with E-state index in [0.29, 0.717) is 37.4 Å². The SMILES string of the molecule is O=C(Nc1ccccc1[N+](=O)[O-])C1CCN(c2ccc(-c3ccc(F)cc3)nn2)CC1. The average molecular weight is 421 g/mol. The molecule has 0 radical (unpaired) electrons. The molecular formula is C22H20FN5O3. The van der Waals surface area contributed by atoms with Crippen LogP contribution in [-0.2, 0) is 4.79 Å². The lowest BCUT2D eigenvalue weighted by molar-refractivity contribution is -0.383. The number of rotatable bonds is 5. The number of nitro groups is 1. The minimum Gasteiger partial charge on any atom is -0.355 e. The van der Waals surface area contributed by atoms with Crippen LogP contribution in [-0.4, -0.2) is 34.1 Å². The van der Waals surface area contributed by atoms with Crippen molar-refractivity contribution in [3.8, 4) is 11.3 Å². The molecule has 31 heavy (non-hydrogen) atoms. The summed E-state index contributed by atoms with van der Waals surface area (Å²) in [6, 6.07) is 15.9. The van der Waals surface area contributed by atoms with Crippen molar-refractivity contribution in [1.82, 2.24) is 10.2 Å². The molecule has 158 valence electrons. The minimum absolute atomic E-state index is 0.121. The van der Waals surface area contributed by atoms with Gasteiger partial charge in [0.05, 0.1) is 10.6 Å². The number of benzene rings is 2.